The minimum absolute atomic E-state index is 0.00519. The molecule has 10 unspecified atom stereocenters. The van der Waals surface area contributed by atoms with Crippen molar-refractivity contribution < 1.29 is 59.8 Å². The van der Waals surface area contributed by atoms with E-state index in [1.165, 1.54) is 6.92 Å². The van der Waals surface area contributed by atoms with E-state index < -0.39 is 73.1 Å². The van der Waals surface area contributed by atoms with Crippen LogP contribution in [0.3, 0.4) is 0 Å². The molecule has 6 fully saturated rings. The topological polar surface area (TPSA) is 199 Å². The van der Waals surface area contributed by atoms with E-state index in [1.54, 1.807) is 0 Å². The van der Waals surface area contributed by atoms with E-state index in [-0.39, 0.29) is 46.2 Å². The van der Waals surface area contributed by atoms with E-state index in [1.807, 2.05) is 20.8 Å². The second-order valence-corrected chi connectivity index (χ2v) is 20.1. The van der Waals surface area contributed by atoms with Crippen molar-refractivity contribution in [2.24, 2.45) is 45.3 Å². The van der Waals surface area contributed by atoms with Crippen molar-refractivity contribution in [1.82, 2.24) is 0 Å². The van der Waals surface area contributed by atoms with E-state index in [2.05, 4.69) is 40.7 Å². The van der Waals surface area contributed by atoms with E-state index in [0.717, 1.165) is 44.1 Å². The summed E-state index contributed by atoms with van der Waals surface area (Å²) in [5.74, 6) is 0.460. The van der Waals surface area contributed by atoms with Gasteiger partial charge in [-0.25, -0.2) is 0 Å². The van der Waals surface area contributed by atoms with Gasteiger partial charge in [-0.1, -0.05) is 46.3 Å². The molecule has 2 aliphatic heterocycles. The van der Waals surface area contributed by atoms with Gasteiger partial charge in [-0.05, 0) is 131 Å². The number of aliphatic hydroxyl groups is 8. The zero-order valence-corrected chi connectivity index (χ0v) is 34.1. The van der Waals surface area contributed by atoms with Gasteiger partial charge in [0.25, 0.3) is 0 Å². The molecule has 8 N–H and O–H groups in total. The molecule has 0 aromatic carbocycles. The monoisotopic (exact) mass is 769 g/mol. The molecular formula is C42H72O12. The highest BCUT2D eigenvalue weighted by atomic mass is 16.7. The summed E-state index contributed by atoms with van der Waals surface area (Å²) < 4.78 is 24.4. The van der Waals surface area contributed by atoms with Crippen LogP contribution in [0, 0.1) is 45.3 Å². The lowest BCUT2D eigenvalue weighted by molar-refractivity contribution is -0.348. The van der Waals surface area contributed by atoms with Crippen LogP contribution in [0.4, 0.5) is 0 Å². The number of fused-ring (bicyclic) bond motifs is 5. The standard InChI is InChI=1S/C42H72O12/c1-21(2)11-10-15-42(9,54-37-35(50)33(48)31(46)25(53-37)20-51-36-34(49)32(47)30(45)22(3)52-36)23-12-17-41(8)29(23)24(43)19-27-39(6)16-14-28(44)38(4,5)26(39)13-18-40(27,41)7/h11,22-37,43-50H,10,12-20H2,1-9H3/t22-,23?,24?,25-,26?,27?,28?,29?,30+,31-,32-,33-,34-,35-,36-,37+,39?,40?,41?,42?/m1/s1. The van der Waals surface area contributed by atoms with Crippen LogP contribution in [0.1, 0.15) is 120 Å². The van der Waals surface area contributed by atoms with Crippen LogP contribution in [0.2, 0.25) is 0 Å². The molecule has 6 rings (SSSR count). The lowest BCUT2D eigenvalue weighted by Crippen LogP contribution is -2.67. The molecule has 312 valence electrons. The molecule has 2 saturated heterocycles. The smallest absolute Gasteiger partial charge is 0.187 e. The number of aliphatic hydroxyl groups excluding tert-OH is 8. The lowest BCUT2D eigenvalue weighted by atomic mass is 9.35. The highest BCUT2D eigenvalue weighted by Crippen LogP contribution is 2.76. The third-order valence-electron chi connectivity index (χ3n) is 16.6. The minimum Gasteiger partial charge on any atom is -0.393 e. The molecule has 4 aliphatic carbocycles. The number of rotatable bonds is 9. The fourth-order valence-electron chi connectivity index (χ4n) is 13.2. The van der Waals surface area contributed by atoms with Gasteiger partial charge in [0, 0.05) is 0 Å². The van der Waals surface area contributed by atoms with Gasteiger partial charge >= 0.3 is 0 Å². The first-order chi connectivity index (χ1) is 25.0. The molecular weight excluding hydrogens is 696 g/mol. The van der Waals surface area contributed by atoms with Gasteiger partial charge in [-0.15, -0.1) is 0 Å². The Balaban J connectivity index is 1.26. The van der Waals surface area contributed by atoms with Crippen LogP contribution in [0.15, 0.2) is 11.6 Å². The molecule has 12 heteroatoms. The SMILES string of the molecule is CC(C)=CCCC(C)(O[C@@H]1O[C@H](CO[C@@H]2O[C@H](C)[C@H](O)[C@@H](O)[C@H]2O)[C@@H](O)[C@@H](O)[C@H]1O)C1CCC2(C)C1C(O)CC1C3(C)CCC(O)C(C)(C)C3CCC12C. The third kappa shape index (κ3) is 6.87. The van der Waals surface area contributed by atoms with Gasteiger partial charge in [0.15, 0.2) is 12.6 Å². The predicted octanol–water partition coefficient (Wildman–Crippen LogP) is 3.18. The van der Waals surface area contributed by atoms with Gasteiger partial charge in [-0.2, -0.15) is 0 Å². The molecule has 2 heterocycles. The Bertz CT molecular complexity index is 1360. The second-order valence-electron chi connectivity index (χ2n) is 20.1. The maximum absolute atomic E-state index is 12.4. The van der Waals surface area contributed by atoms with E-state index >= 15 is 0 Å². The zero-order chi connectivity index (χ0) is 39.9. The van der Waals surface area contributed by atoms with Crippen molar-refractivity contribution in [3.05, 3.63) is 11.6 Å². The summed E-state index contributed by atoms with van der Waals surface area (Å²) in [5.41, 5.74) is -0.199. The lowest BCUT2D eigenvalue weighted by Gasteiger charge is -2.70. The first kappa shape index (κ1) is 42.9. The van der Waals surface area contributed by atoms with Crippen molar-refractivity contribution in [1.29, 1.82) is 0 Å². The van der Waals surface area contributed by atoms with E-state index in [0.29, 0.717) is 31.1 Å². The van der Waals surface area contributed by atoms with Gasteiger partial charge in [0.2, 0.25) is 0 Å². The highest BCUT2D eigenvalue weighted by Gasteiger charge is 2.71. The summed E-state index contributed by atoms with van der Waals surface area (Å²) in [5, 5.41) is 87.7. The molecule has 0 bridgehead atoms. The molecule has 6 aliphatic rings. The summed E-state index contributed by atoms with van der Waals surface area (Å²) in [6, 6.07) is 0. The number of hydrogen-bond donors (Lipinski definition) is 8. The average Bonchev–Trinajstić information content (AvgIpc) is 3.49. The molecule has 0 aromatic rings. The Morgan fingerprint density at radius 1 is 0.741 bits per heavy atom. The summed E-state index contributed by atoms with van der Waals surface area (Å²) in [7, 11) is 0. The average molecular weight is 769 g/mol. The molecule has 0 spiro atoms. The van der Waals surface area contributed by atoms with E-state index in [9.17, 15) is 40.9 Å². The molecule has 0 radical (unpaired) electrons. The molecule has 4 saturated carbocycles. The van der Waals surface area contributed by atoms with Crippen molar-refractivity contribution >= 4 is 0 Å². The maximum Gasteiger partial charge on any atom is 0.187 e. The van der Waals surface area contributed by atoms with Gasteiger partial charge in [-0.3, -0.25) is 0 Å². The fourth-order valence-corrected chi connectivity index (χ4v) is 13.2. The minimum atomic E-state index is -1.63. The summed E-state index contributed by atoms with van der Waals surface area (Å²) in [4.78, 5) is 0. The molecule has 12 nitrogen and oxygen atoms in total. The van der Waals surface area contributed by atoms with Crippen LogP contribution < -0.4 is 0 Å². The Morgan fingerprint density at radius 3 is 2.04 bits per heavy atom. The Kier molecular flexibility index (Phi) is 12.0. The summed E-state index contributed by atoms with van der Waals surface area (Å²) in [6.07, 6.45) is -5.15. The molecule has 0 aromatic heterocycles. The van der Waals surface area contributed by atoms with Gasteiger partial charge in [0.1, 0.15) is 42.7 Å². The highest BCUT2D eigenvalue weighted by molar-refractivity contribution is 5.20. The zero-order valence-electron chi connectivity index (χ0n) is 34.1. The van der Waals surface area contributed by atoms with Crippen LogP contribution in [-0.4, -0.2) is 127 Å². The first-order valence-corrected chi connectivity index (χ1v) is 20.7. The van der Waals surface area contributed by atoms with Crippen molar-refractivity contribution in [3.63, 3.8) is 0 Å². The molecule has 54 heavy (non-hydrogen) atoms. The summed E-state index contributed by atoms with van der Waals surface area (Å²) in [6.45, 7) is 19.0. The largest absolute Gasteiger partial charge is 0.393 e. The van der Waals surface area contributed by atoms with Crippen LogP contribution in [-0.2, 0) is 18.9 Å². The van der Waals surface area contributed by atoms with Crippen molar-refractivity contribution in [3.8, 4) is 0 Å². The van der Waals surface area contributed by atoms with E-state index in [4.69, 9.17) is 18.9 Å². The summed E-state index contributed by atoms with van der Waals surface area (Å²) >= 11 is 0. The van der Waals surface area contributed by atoms with Crippen LogP contribution in [0.25, 0.3) is 0 Å². The van der Waals surface area contributed by atoms with Crippen LogP contribution >= 0.6 is 0 Å². The van der Waals surface area contributed by atoms with Gasteiger partial charge < -0.3 is 59.8 Å². The second kappa shape index (κ2) is 15.1. The maximum atomic E-state index is 12.4. The number of hydrogen-bond acceptors (Lipinski definition) is 12. The number of allylic oxidation sites excluding steroid dienone is 2. The Morgan fingerprint density at radius 2 is 1.37 bits per heavy atom. The van der Waals surface area contributed by atoms with Crippen LogP contribution in [0.5, 0.6) is 0 Å². The molecule has 0 amide bonds. The Hall–Kier alpha value is -0.740. The Labute approximate surface area is 322 Å². The van der Waals surface area contributed by atoms with Crippen molar-refractivity contribution in [2.45, 2.75) is 199 Å². The fraction of sp³-hybridized carbons (Fsp3) is 0.952. The predicted molar refractivity (Wildman–Crippen MR) is 200 cm³/mol. The quantitative estimate of drug-likeness (QED) is 0.160. The first-order valence-electron chi connectivity index (χ1n) is 20.7. The van der Waals surface area contributed by atoms with Crippen molar-refractivity contribution in [2.75, 3.05) is 6.61 Å². The third-order valence-corrected chi connectivity index (χ3v) is 16.6. The number of ether oxygens (including phenoxy) is 4. The normalized spacial score (nSPS) is 52.8. The molecule has 20 atom stereocenters. The van der Waals surface area contributed by atoms with Gasteiger partial charge in [0.05, 0.1) is 30.5 Å².